The highest BCUT2D eigenvalue weighted by atomic mass is 32.1. The van der Waals surface area contributed by atoms with Crippen molar-refractivity contribution >= 4 is 34.2 Å². The third-order valence-corrected chi connectivity index (χ3v) is 4.74. The SMILES string of the molecule is Cc1ccc(-c2cnc3ccn(CC(=O)N(C)C)c3c2)s1.O=C(O)C(F)(F)F. The summed E-state index contributed by atoms with van der Waals surface area (Å²) in [5, 5.41) is 7.12. The largest absolute Gasteiger partial charge is 0.490 e. The third kappa shape index (κ3) is 5.32. The van der Waals surface area contributed by atoms with Crippen molar-refractivity contribution in [2.45, 2.75) is 19.6 Å². The highest BCUT2D eigenvalue weighted by Gasteiger charge is 2.38. The first-order valence-electron chi connectivity index (χ1n) is 8.01. The van der Waals surface area contributed by atoms with E-state index in [4.69, 9.17) is 9.90 Å². The average molecular weight is 413 g/mol. The Hall–Kier alpha value is -2.88. The van der Waals surface area contributed by atoms with E-state index in [9.17, 15) is 18.0 Å². The van der Waals surface area contributed by atoms with Gasteiger partial charge in [0, 0.05) is 41.8 Å². The van der Waals surface area contributed by atoms with Crippen molar-refractivity contribution in [1.82, 2.24) is 14.5 Å². The van der Waals surface area contributed by atoms with Crippen molar-refractivity contribution in [3.05, 3.63) is 41.5 Å². The van der Waals surface area contributed by atoms with Crippen molar-refractivity contribution < 1.29 is 27.9 Å². The van der Waals surface area contributed by atoms with E-state index in [1.165, 1.54) is 9.75 Å². The van der Waals surface area contributed by atoms with E-state index in [-0.39, 0.29) is 5.91 Å². The highest BCUT2D eigenvalue weighted by molar-refractivity contribution is 7.15. The Morgan fingerprint density at radius 1 is 1.25 bits per heavy atom. The predicted octanol–water partition coefficient (Wildman–Crippen LogP) is 3.79. The number of alkyl halides is 3. The summed E-state index contributed by atoms with van der Waals surface area (Å²) < 4.78 is 33.7. The third-order valence-electron chi connectivity index (χ3n) is 3.69. The molecule has 0 aliphatic carbocycles. The van der Waals surface area contributed by atoms with Crippen molar-refractivity contribution in [2.24, 2.45) is 0 Å². The van der Waals surface area contributed by atoms with E-state index in [1.807, 2.05) is 23.0 Å². The Kier molecular flexibility index (Phi) is 6.45. The van der Waals surface area contributed by atoms with Gasteiger partial charge in [0.15, 0.2) is 0 Å². The minimum atomic E-state index is -5.08. The van der Waals surface area contributed by atoms with Gasteiger partial charge in [0.05, 0.1) is 11.0 Å². The Balaban J connectivity index is 0.000000345. The monoisotopic (exact) mass is 413 g/mol. The van der Waals surface area contributed by atoms with Crippen LogP contribution in [0.25, 0.3) is 21.5 Å². The van der Waals surface area contributed by atoms with Crippen LogP contribution in [0.2, 0.25) is 0 Å². The van der Waals surface area contributed by atoms with Crippen LogP contribution in [0.1, 0.15) is 4.88 Å². The van der Waals surface area contributed by atoms with E-state index < -0.39 is 12.1 Å². The van der Waals surface area contributed by atoms with Crippen LogP contribution < -0.4 is 0 Å². The number of hydrogen-bond donors (Lipinski definition) is 1. The maximum Gasteiger partial charge on any atom is 0.490 e. The zero-order chi connectivity index (χ0) is 21.1. The van der Waals surface area contributed by atoms with Crippen molar-refractivity contribution in [1.29, 1.82) is 0 Å². The Bertz CT molecular complexity index is 993. The lowest BCUT2D eigenvalue weighted by Crippen LogP contribution is -2.25. The van der Waals surface area contributed by atoms with Crippen molar-refractivity contribution in [2.75, 3.05) is 14.1 Å². The number of thiophene rings is 1. The molecule has 28 heavy (non-hydrogen) atoms. The number of hydrogen-bond acceptors (Lipinski definition) is 4. The molecule has 3 aromatic rings. The second-order valence-electron chi connectivity index (χ2n) is 6.07. The summed E-state index contributed by atoms with van der Waals surface area (Å²) in [6.45, 7) is 2.43. The van der Waals surface area contributed by atoms with Crippen LogP contribution >= 0.6 is 11.3 Å². The Labute approximate surface area is 162 Å². The second-order valence-corrected chi connectivity index (χ2v) is 7.36. The summed E-state index contributed by atoms with van der Waals surface area (Å²) in [7, 11) is 3.54. The number of nitrogens with zero attached hydrogens (tertiary/aromatic N) is 3. The molecule has 0 aliphatic heterocycles. The zero-order valence-corrected chi connectivity index (χ0v) is 16.1. The summed E-state index contributed by atoms with van der Waals surface area (Å²) in [5.41, 5.74) is 3.00. The molecular formula is C18H18F3N3O3S. The number of carboxylic acid groups (broad SMARTS) is 1. The number of carbonyl (C=O) groups excluding carboxylic acids is 1. The molecule has 3 heterocycles. The van der Waals surface area contributed by atoms with Gasteiger partial charge in [0.25, 0.3) is 0 Å². The van der Waals surface area contributed by atoms with Gasteiger partial charge < -0.3 is 14.6 Å². The van der Waals surface area contributed by atoms with Crippen LogP contribution in [0.4, 0.5) is 13.2 Å². The van der Waals surface area contributed by atoms with E-state index in [0.29, 0.717) is 6.54 Å². The van der Waals surface area contributed by atoms with Gasteiger partial charge in [-0.2, -0.15) is 13.2 Å². The molecule has 150 valence electrons. The van der Waals surface area contributed by atoms with Gasteiger partial charge >= 0.3 is 12.1 Å². The van der Waals surface area contributed by atoms with Gasteiger partial charge in [-0.1, -0.05) is 0 Å². The number of carbonyl (C=O) groups is 2. The van der Waals surface area contributed by atoms with E-state index in [1.54, 1.807) is 30.3 Å². The molecule has 0 unspecified atom stereocenters. The standard InChI is InChI=1S/C16H17N3OS.C2HF3O2/c1-11-4-5-15(21-11)12-8-14-13(17-9-12)6-7-19(14)10-16(20)18(2)3;3-2(4,5)1(6)7/h4-9H,10H2,1-3H3;(H,6,7). The zero-order valence-electron chi connectivity index (χ0n) is 15.3. The summed E-state index contributed by atoms with van der Waals surface area (Å²) in [6, 6.07) is 8.28. The predicted molar refractivity (Wildman–Crippen MR) is 100 cm³/mol. The van der Waals surface area contributed by atoms with Crippen LogP contribution in [-0.2, 0) is 16.1 Å². The molecule has 0 saturated heterocycles. The van der Waals surface area contributed by atoms with Crippen LogP contribution in [0.5, 0.6) is 0 Å². The lowest BCUT2D eigenvalue weighted by atomic mass is 10.2. The number of aromatic nitrogens is 2. The van der Waals surface area contributed by atoms with Gasteiger partial charge in [-0.15, -0.1) is 11.3 Å². The van der Waals surface area contributed by atoms with Crippen LogP contribution in [0, 0.1) is 6.92 Å². The summed E-state index contributed by atoms with van der Waals surface area (Å²) in [5.74, 6) is -2.68. The summed E-state index contributed by atoms with van der Waals surface area (Å²) in [4.78, 5) is 29.4. The molecule has 6 nitrogen and oxygen atoms in total. The number of aryl methyl sites for hydroxylation is 1. The Morgan fingerprint density at radius 3 is 2.39 bits per heavy atom. The maximum absolute atomic E-state index is 11.9. The first-order valence-corrected chi connectivity index (χ1v) is 8.82. The molecule has 3 aromatic heterocycles. The first kappa shape index (κ1) is 21.4. The molecular weight excluding hydrogens is 395 g/mol. The van der Waals surface area contributed by atoms with E-state index in [2.05, 4.69) is 30.1 Å². The molecule has 1 N–H and O–H groups in total. The van der Waals surface area contributed by atoms with Crippen molar-refractivity contribution in [3.63, 3.8) is 0 Å². The smallest absolute Gasteiger partial charge is 0.475 e. The fourth-order valence-corrected chi connectivity index (χ4v) is 3.06. The number of likely N-dealkylation sites (N-methyl/N-ethyl adjacent to an activating group) is 1. The van der Waals surface area contributed by atoms with Crippen molar-refractivity contribution in [3.8, 4) is 10.4 Å². The van der Waals surface area contributed by atoms with Gasteiger partial charge in [-0.25, -0.2) is 4.79 Å². The number of aliphatic carboxylic acids is 1. The number of amides is 1. The maximum atomic E-state index is 11.9. The lowest BCUT2D eigenvalue weighted by molar-refractivity contribution is -0.192. The number of fused-ring (bicyclic) bond motifs is 1. The molecule has 10 heteroatoms. The summed E-state index contributed by atoms with van der Waals surface area (Å²) in [6.07, 6.45) is -1.27. The molecule has 0 bridgehead atoms. The van der Waals surface area contributed by atoms with Gasteiger partial charge in [-0.05, 0) is 31.2 Å². The fourth-order valence-electron chi connectivity index (χ4n) is 2.21. The molecule has 0 fully saturated rings. The molecule has 0 radical (unpaired) electrons. The number of pyridine rings is 1. The Morgan fingerprint density at radius 2 is 1.89 bits per heavy atom. The van der Waals surface area contributed by atoms with E-state index in [0.717, 1.165) is 16.6 Å². The minimum Gasteiger partial charge on any atom is -0.475 e. The van der Waals surface area contributed by atoms with Gasteiger partial charge in [-0.3, -0.25) is 9.78 Å². The highest BCUT2D eigenvalue weighted by Crippen LogP contribution is 2.29. The second kappa shape index (κ2) is 8.42. The van der Waals surface area contributed by atoms with Gasteiger partial charge in [0.1, 0.15) is 6.54 Å². The first-order chi connectivity index (χ1) is 13.0. The lowest BCUT2D eigenvalue weighted by Gasteiger charge is -2.11. The molecule has 3 rings (SSSR count). The number of carboxylic acids is 1. The fraction of sp³-hybridized carbons (Fsp3) is 0.278. The average Bonchev–Trinajstić information content (AvgIpc) is 3.20. The minimum absolute atomic E-state index is 0.0740. The molecule has 1 amide bonds. The molecule has 0 aromatic carbocycles. The number of halogens is 3. The number of rotatable bonds is 3. The molecule has 0 saturated carbocycles. The quantitative estimate of drug-likeness (QED) is 0.709. The summed E-state index contributed by atoms with van der Waals surface area (Å²) >= 11 is 1.75. The van der Waals surface area contributed by atoms with E-state index >= 15 is 0 Å². The van der Waals surface area contributed by atoms with Gasteiger partial charge in [0.2, 0.25) is 5.91 Å². The molecule has 0 spiro atoms. The topological polar surface area (TPSA) is 75.4 Å². The molecule has 0 atom stereocenters. The normalized spacial score (nSPS) is 11.1. The molecule has 0 aliphatic rings. The van der Waals surface area contributed by atoms with Crippen LogP contribution in [0.15, 0.2) is 36.7 Å². The van der Waals surface area contributed by atoms with Crippen LogP contribution in [-0.4, -0.2) is 51.7 Å². The van der Waals surface area contributed by atoms with Crippen LogP contribution in [0.3, 0.4) is 0 Å².